The fourth-order valence-corrected chi connectivity index (χ4v) is 5.93. The predicted molar refractivity (Wildman–Crippen MR) is 163 cm³/mol. The van der Waals surface area contributed by atoms with Crippen molar-refractivity contribution in [1.82, 2.24) is 5.32 Å². The van der Waals surface area contributed by atoms with Gasteiger partial charge in [0, 0.05) is 40.2 Å². The van der Waals surface area contributed by atoms with Crippen molar-refractivity contribution in [3.63, 3.8) is 0 Å². The molecule has 224 valence electrons. The molecule has 9 nitrogen and oxygen atoms in total. The van der Waals surface area contributed by atoms with Crippen LogP contribution in [0.25, 0.3) is 0 Å². The molecule has 2 N–H and O–H groups in total. The Morgan fingerprint density at radius 1 is 0.767 bits per heavy atom. The van der Waals surface area contributed by atoms with Gasteiger partial charge in [-0.05, 0) is 79.4 Å². The molecule has 1 aliphatic heterocycles. The molecule has 1 amide bonds. The van der Waals surface area contributed by atoms with Gasteiger partial charge in [0.15, 0.2) is 17.3 Å². The monoisotopic (exact) mass is 584 g/mol. The topological polar surface area (TPSA) is 104 Å². The Bertz CT molecular complexity index is 1610. The summed E-state index contributed by atoms with van der Waals surface area (Å²) in [5.74, 6) is 1.91. The van der Waals surface area contributed by atoms with Crippen LogP contribution >= 0.6 is 0 Å². The normalized spacial score (nSPS) is 18.0. The molecule has 1 aliphatic carbocycles. The van der Waals surface area contributed by atoms with Gasteiger partial charge in [-0.3, -0.25) is 9.59 Å². The van der Waals surface area contributed by atoms with Crippen molar-refractivity contribution in [2.75, 3.05) is 40.9 Å². The third-order valence-corrected chi connectivity index (χ3v) is 8.05. The molecule has 0 spiro atoms. The summed E-state index contributed by atoms with van der Waals surface area (Å²) in [5.41, 5.74) is 4.66. The second kappa shape index (κ2) is 12.5. The molecule has 3 aromatic rings. The van der Waals surface area contributed by atoms with Crippen LogP contribution in [0.1, 0.15) is 42.7 Å². The van der Waals surface area contributed by atoms with Gasteiger partial charge < -0.3 is 34.3 Å². The number of amides is 1. The van der Waals surface area contributed by atoms with Crippen LogP contribution in [0, 0.1) is 0 Å². The lowest BCUT2D eigenvalue weighted by Crippen LogP contribution is -2.37. The molecule has 3 aromatic carbocycles. The van der Waals surface area contributed by atoms with E-state index in [1.54, 1.807) is 71.9 Å². The lowest BCUT2D eigenvalue weighted by molar-refractivity contribution is -0.116. The maximum Gasteiger partial charge on any atom is 0.254 e. The summed E-state index contributed by atoms with van der Waals surface area (Å²) < 4.78 is 27.5. The van der Waals surface area contributed by atoms with E-state index in [0.29, 0.717) is 63.3 Å². The molecular formula is C34H36N2O7. The minimum atomic E-state index is -0.682. The molecule has 0 bridgehead atoms. The second-order valence-electron chi connectivity index (χ2n) is 10.4. The van der Waals surface area contributed by atoms with Gasteiger partial charge in [-0.2, -0.15) is 0 Å². The van der Waals surface area contributed by atoms with Crippen LogP contribution < -0.4 is 34.3 Å². The zero-order valence-corrected chi connectivity index (χ0v) is 25.2. The molecule has 9 heteroatoms. The van der Waals surface area contributed by atoms with Crippen LogP contribution in [0.3, 0.4) is 0 Å². The fraction of sp³-hybridized carbons (Fsp3) is 0.294. The van der Waals surface area contributed by atoms with Crippen LogP contribution in [-0.2, 0) is 9.59 Å². The molecular weight excluding hydrogens is 548 g/mol. The molecule has 1 heterocycles. The van der Waals surface area contributed by atoms with Gasteiger partial charge in [0.25, 0.3) is 5.91 Å². The summed E-state index contributed by atoms with van der Waals surface area (Å²) in [6.07, 6.45) is 0.843. The average molecular weight is 585 g/mol. The van der Waals surface area contributed by atoms with Crippen molar-refractivity contribution >= 4 is 17.4 Å². The highest BCUT2D eigenvalue weighted by Gasteiger charge is 2.42. The van der Waals surface area contributed by atoms with Gasteiger partial charge in [0.1, 0.15) is 17.2 Å². The molecule has 0 saturated heterocycles. The largest absolute Gasteiger partial charge is 0.497 e. The summed E-state index contributed by atoms with van der Waals surface area (Å²) in [7, 11) is 7.93. The number of rotatable bonds is 9. The number of allylic oxidation sites excluding steroid dienone is 3. The number of carbonyl (C=O) groups excluding carboxylic acids is 2. The van der Waals surface area contributed by atoms with E-state index in [1.165, 1.54) is 0 Å². The summed E-state index contributed by atoms with van der Waals surface area (Å²) in [4.78, 5) is 28.1. The first-order chi connectivity index (χ1) is 20.8. The Labute approximate surface area is 251 Å². The van der Waals surface area contributed by atoms with Crippen LogP contribution in [0.5, 0.6) is 28.7 Å². The van der Waals surface area contributed by atoms with Crippen molar-refractivity contribution in [1.29, 1.82) is 0 Å². The summed E-state index contributed by atoms with van der Waals surface area (Å²) in [5, 5.41) is 6.43. The Morgan fingerprint density at radius 2 is 1.42 bits per heavy atom. The van der Waals surface area contributed by atoms with Crippen molar-refractivity contribution < 1.29 is 33.3 Å². The highest BCUT2D eigenvalue weighted by atomic mass is 16.5. The van der Waals surface area contributed by atoms with Crippen molar-refractivity contribution in [2.45, 2.75) is 31.6 Å². The molecule has 2 aliphatic rings. The van der Waals surface area contributed by atoms with Crippen LogP contribution in [0.15, 0.2) is 83.2 Å². The summed E-state index contributed by atoms with van der Waals surface area (Å²) in [6.45, 7) is 1.86. The van der Waals surface area contributed by atoms with E-state index in [1.807, 2.05) is 31.2 Å². The van der Waals surface area contributed by atoms with Gasteiger partial charge in [-0.1, -0.05) is 6.07 Å². The number of anilines is 1. The van der Waals surface area contributed by atoms with E-state index < -0.39 is 5.92 Å². The third-order valence-electron chi connectivity index (χ3n) is 8.05. The van der Waals surface area contributed by atoms with Gasteiger partial charge in [0.2, 0.25) is 0 Å². The number of Topliss-reactive ketones (excluding diaryl/α,β-unsaturated/α-hetero) is 1. The molecule has 5 rings (SSSR count). The molecule has 43 heavy (non-hydrogen) atoms. The summed E-state index contributed by atoms with van der Waals surface area (Å²) in [6, 6.07) is 18.3. The molecule has 0 saturated carbocycles. The fourth-order valence-electron chi connectivity index (χ4n) is 5.93. The van der Waals surface area contributed by atoms with E-state index in [0.717, 1.165) is 11.3 Å². The highest BCUT2D eigenvalue weighted by molar-refractivity contribution is 6.10. The third kappa shape index (κ3) is 5.75. The molecule has 0 aromatic heterocycles. The number of benzene rings is 3. The van der Waals surface area contributed by atoms with Gasteiger partial charge in [0.05, 0.1) is 41.5 Å². The minimum absolute atomic E-state index is 0.0503. The predicted octanol–water partition coefficient (Wildman–Crippen LogP) is 5.73. The van der Waals surface area contributed by atoms with E-state index in [-0.39, 0.29) is 24.0 Å². The van der Waals surface area contributed by atoms with Crippen molar-refractivity contribution in [3.8, 4) is 28.7 Å². The minimum Gasteiger partial charge on any atom is -0.497 e. The number of carbonyl (C=O) groups is 2. The average Bonchev–Trinajstić information content (AvgIpc) is 3.03. The first-order valence-corrected chi connectivity index (χ1v) is 13.9. The zero-order valence-electron chi connectivity index (χ0n) is 25.2. The Balaban J connectivity index is 1.59. The Hall–Kier alpha value is -4.92. The van der Waals surface area contributed by atoms with Gasteiger partial charge in [-0.15, -0.1) is 0 Å². The van der Waals surface area contributed by atoms with Crippen molar-refractivity contribution in [3.05, 3.63) is 94.3 Å². The second-order valence-corrected chi connectivity index (χ2v) is 10.4. The first kappa shape index (κ1) is 29.6. The number of hydrogen-bond acceptors (Lipinski definition) is 8. The van der Waals surface area contributed by atoms with Gasteiger partial charge in [-0.25, -0.2) is 0 Å². The zero-order chi connectivity index (χ0) is 30.7. The maximum absolute atomic E-state index is 14.1. The number of ketones is 1. The van der Waals surface area contributed by atoms with E-state index in [9.17, 15) is 9.59 Å². The van der Waals surface area contributed by atoms with Gasteiger partial charge >= 0.3 is 0 Å². The highest BCUT2D eigenvalue weighted by Crippen LogP contribution is 2.49. The van der Waals surface area contributed by atoms with E-state index >= 15 is 0 Å². The molecule has 0 fully saturated rings. The molecule has 2 atom stereocenters. The standard InChI is InChI=1S/C34H36N2O7/c1-19-31(34(38)36-22-8-10-23(39-2)11-9-22)32(25-18-24(40-3)12-14-28(25)41-4)33-26(35-19)15-21(16-27(33)37)20-7-13-29(42-5)30(17-20)43-6/h7-14,17-18,21,32,35H,15-16H2,1-6H3,(H,36,38)/t21-,32-/m0/s1. The van der Waals surface area contributed by atoms with Crippen LogP contribution in [0.4, 0.5) is 5.69 Å². The molecule has 0 radical (unpaired) electrons. The molecule has 0 unspecified atom stereocenters. The Kier molecular flexibility index (Phi) is 8.61. The summed E-state index contributed by atoms with van der Waals surface area (Å²) >= 11 is 0. The SMILES string of the molecule is COc1ccc(NC(=O)C2=C(C)NC3=C(C(=O)C[C@@H](c4ccc(OC)c(OC)c4)C3)[C@H]2c2cc(OC)ccc2OC)cc1. The smallest absolute Gasteiger partial charge is 0.254 e. The lowest BCUT2D eigenvalue weighted by Gasteiger charge is -2.37. The number of methoxy groups -OCH3 is 5. The number of nitrogens with one attached hydrogen (secondary N) is 2. The number of hydrogen-bond donors (Lipinski definition) is 2. The maximum atomic E-state index is 14.1. The quantitative estimate of drug-likeness (QED) is 0.329. The van der Waals surface area contributed by atoms with Crippen LogP contribution in [-0.4, -0.2) is 47.2 Å². The first-order valence-electron chi connectivity index (χ1n) is 13.9. The number of ether oxygens (including phenoxy) is 5. The van der Waals surface area contributed by atoms with Crippen molar-refractivity contribution in [2.24, 2.45) is 0 Å². The van der Waals surface area contributed by atoms with Crippen LogP contribution in [0.2, 0.25) is 0 Å². The lowest BCUT2D eigenvalue weighted by atomic mass is 9.71. The Morgan fingerprint density at radius 3 is 2.07 bits per heavy atom. The van der Waals surface area contributed by atoms with E-state index in [2.05, 4.69) is 10.6 Å². The number of dihydropyridines is 1. The van der Waals surface area contributed by atoms with E-state index in [4.69, 9.17) is 23.7 Å².